The molecular weight excluding hydrogens is 728 g/mol. The fourth-order valence-electron chi connectivity index (χ4n) is 7.08. The number of ether oxygens (including phenoxy) is 4. The molecular formula is C41H54N2O13. The van der Waals surface area contributed by atoms with Gasteiger partial charge in [-0.3, -0.25) is 14.4 Å². The number of rotatable bonds is 5. The number of allylic oxidation sites excluding steroid dienone is 2. The number of ketones is 1. The zero-order valence-electron chi connectivity index (χ0n) is 33.6. The van der Waals surface area contributed by atoms with Crippen LogP contribution in [-0.4, -0.2) is 92.8 Å². The quantitative estimate of drug-likeness (QED) is 0.0725. The molecule has 0 saturated carbocycles. The normalized spacial score (nSPS) is 30.2. The Hall–Kier alpha value is -5.12. The lowest BCUT2D eigenvalue weighted by atomic mass is 9.78. The van der Waals surface area contributed by atoms with Gasteiger partial charge in [0.2, 0.25) is 0 Å². The van der Waals surface area contributed by atoms with Gasteiger partial charge in [0.1, 0.15) is 29.5 Å². The number of carbonyl (C=O) groups is 3. The Morgan fingerprint density at radius 2 is 1.62 bits per heavy atom. The van der Waals surface area contributed by atoms with Gasteiger partial charge in [0.25, 0.3) is 11.7 Å². The third-order valence-corrected chi connectivity index (χ3v) is 10.5. The van der Waals surface area contributed by atoms with Gasteiger partial charge in [0, 0.05) is 61.2 Å². The number of nitrogens with zero attached hydrogens (tertiary/aromatic N) is 1. The first-order chi connectivity index (χ1) is 26.2. The number of aliphatic hydroxyl groups excluding tert-OH is 2. The van der Waals surface area contributed by atoms with Crippen LogP contribution in [0.2, 0.25) is 0 Å². The molecule has 3 aliphatic heterocycles. The van der Waals surface area contributed by atoms with Crippen molar-refractivity contribution in [3.8, 4) is 23.0 Å². The number of hydrogen-bond acceptors (Lipinski definition) is 14. The van der Waals surface area contributed by atoms with Gasteiger partial charge in [-0.2, -0.15) is 0 Å². The van der Waals surface area contributed by atoms with Gasteiger partial charge in [-0.05, 0) is 33.8 Å². The maximum atomic E-state index is 14.3. The summed E-state index contributed by atoms with van der Waals surface area (Å²) in [6.45, 7) is 15.8. The van der Waals surface area contributed by atoms with Gasteiger partial charge >= 0.3 is 11.8 Å². The standard InChI is InChI=1S/C41H54N2O13/c1-18(2)56-42-17-26-31-36(49)29-28(35(26)48)30-38(24(8)34(29)47)55-41(10,39(30)50)53-16-15-27(52-11)21(5)37(54-25(9)44)23(7)33(46)22(6)32(45)19(3)13-12-14-20(4)40(51)43-31/h12-19,21-23,27,32-33,37,45-49H,1-11H3,(H,43,51)/b13-12+,16-15+,20-14?,42-17+. The number of aliphatic hydroxyl groups is 2. The summed E-state index contributed by atoms with van der Waals surface area (Å²) in [5.41, 5.74) is -0.618. The van der Waals surface area contributed by atoms with Crippen molar-refractivity contribution in [2.45, 2.75) is 106 Å². The first-order valence-electron chi connectivity index (χ1n) is 18.4. The van der Waals surface area contributed by atoms with Crippen molar-refractivity contribution in [2.75, 3.05) is 12.4 Å². The van der Waals surface area contributed by atoms with Gasteiger partial charge in [-0.25, -0.2) is 0 Å². The summed E-state index contributed by atoms with van der Waals surface area (Å²) >= 11 is 0. The van der Waals surface area contributed by atoms with Gasteiger partial charge < -0.3 is 54.6 Å². The van der Waals surface area contributed by atoms with E-state index in [0.29, 0.717) is 0 Å². The van der Waals surface area contributed by atoms with Crippen LogP contribution < -0.4 is 10.1 Å². The smallest absolute Gasteiger partial charge is 0.312 e. The van der Waals surface area contributed by atoms with Crippen molar-refractivity contribution in [3.05, 3.63) is 52.8 Å². The molecule has 5 bridgehead atoms. The second kappa shape index (κ2) is 17.3. The van der Waals surface area contributed by atoms with Crippen molar-refractivity contribution in [3.63, 3.8) is 0 Å². The molecule has 6 N–H and O–H groups in total. The number of phenols is 3. The number of fused-ring (bicyclic) bond motifs is 14. The van der Waals surface area contributed by atoms with E-state index in [1.165, 1.54) is 53.2 Å². The van der Waals surface area contributed by atoms with E-state index in [1.807, 2.05) is 0 Å². The molecule has 0 aromatic heterocycles. The molecule has 306 valence electrons. The molecule has 56 heavy (non-hydrogen) atoms. The number of phenolic OH excluding ortho intramolecular Hbond substituents is 3. The van der Waals surface area contributed by atoms with Crippen LogP contribution in [0, 0.1) is 30.6 Å². The van der Waals surface area contributed by atoms with Gasteiger partial charge in [-0.15, -0.1) is 0 Å². The Balaban J connectivity index is 1.97. The summed E-state index contributed by atoms with van der Waals surface area (Å²) in [6.07, 6.45) is 4.11. The maximum absolute atomic E-state index is 14.3. The second-order valence-corrected chi connectivity index (χ2v) is 15.0. The first kappa shape index (κ1) is 43.6. The maximum Gasteiger partial charge on any atom is 0.312 e. The fraction of sp³-hybridized carbons (Fsp3) is 0.512. The second-order valence-electron chi connectivity index (χ2n) is 15.0. The lowest BCUT2D eigenvalue weighted by molar-refractivity contribution is -0.160. The monoisotopic (exact) mass is 782 g/mol. The SMILES string of the molecule is COC1/C=C/OC2(C)Oc3c(C)c(O)c4c(O)c(c(/C=N/OC(C)C)c(O)c4c3C2=O)NC(=O)C(C)=C/C=C/C(C)C(O)C(C)C(O)C(C)C(OC(C)=O)C1C. The highest BCUT2D eigenvalue weighted by molar-refractivity contribution is 6.23. The van der Waals surface area contributed by atoms with Crippen LogP contribution in [0.3, 0.4) is 0 Å². The lowest BCUT2D eigenvalue weighted by Crippen LogP contribution is -2.46. The summed E-state index contributed by atoms with van der Waals surface area (Å²) in [5.74, 6) is -8.63. The third kappa shape index (κ3) is 8.49. The fourth-order valence-corrected chi connectivity index (χ4v) is 7.08. The molecule has 5 rings (SSSR count). The number of methoxy groups -OCH3 is 1. The Kier molecular flexibility index (Phi) is 13.5. The molecule has 3 aliphatic rings. The van der Waals surface area contributed by atoms with Crippen molar-refractivity contribution >= 4 is 40.3 Å². The minimum atomic E-state index is -2.06. The van der Waals surface area contributed by atoms with E-state index in [2.05, 4.69) is 10.5 Å². The Morgan fingerprint density at radius 1 is 0.964 bits per heavy atom. The van der Waals surface area contributed by atoms with E-state index >= 15 is 0 Å². The molecule has 0 aliphatic carbocycles. The average molecular weight is 783 g/mol. The van der Waals surface area contributed by atoms with Crippen molar-refractivity contribution in [1.82, 2.24) is 0 Å². The van der Waals surface area contributed by atoms with Crippen LogP contribution in [0.1, 0.15) is 83.8 Å². The zero-order valence-corrected chi connectivity index (χ0v) is 33.6. The van der Waals surface area contributed by atoms with Gasteiger partial charge in [0.05, 0.1) is 53.0 Å². The lowest BCUT2D eigenvalue weighted by Gasteiger charge is -2.38. The number of oxime groups is 1. The highest BCUT2D eigenvalue weighted by Gasteiger charge is 2.50. The highest BCUT2D eigenvalue weighted by atomic mass is 16.7. The molecule has 3 heterocycles. The molecule has 0 radical (unpaired) electrons. The van der Waals surface area contributed by atoms with E-state index in [1.54, 1.807) is 53.7 Å². The number of anilines is 1. The van der Waals surface area contributed by atoms with Gasteiger partial charge in [0.15, 0.2) is 5.75 Å². The Labute approximate surface area is 326 Å². The average Bonchev–Trinajstić information content (AvgIpc) is 3.41. The van der Waals surface area contributed by atoms with E-state index in [0.717, 1.165) is 6.21 Å². The van der Waals surface area contributed by atoms with Crippen LogP contribution in [-0.2, 0) is 28.6 Å². The predicted molar refractivity (Wildman–Crippen MR) is 208 cm³/mol. The molecule has 0 fully saturated rings. The summed E-state index contributed by atoms with van der Waals surface area (Å²) in [5, 5.41) is 63.6. The third-order valence-electron chi connectivity index (χ3n) is 10.5. The van der Waals surface area contributed by atoms with Crippen LogP contribution in [0.5, 0.6) is 23.0 Å². The van der Waals surface area contributed by atoms with E-state index in [4.69, 9.17) is 23.8 Å². The number of aromatic hydroxyl groups is 3. The molecule has 15 heteroatoms. The van der Waals surface area contributed by atoms with Gasteiger partial charge in [-0.1, -0.05) is 51.1 Å². The number of amides is 1. The van der Waals surface area contributed by atoms with Crippen LogP contribution >= 0.6 is 0 Å². The molecule has 0 saturated heterocycles. The zero-order chi connectivity index (χ0) is 42.0. The Bertz CT molecular complexity index is 1970. The molecule has 9 atom stereocenters. The molecule has 9 unspecified atom stereocenters. The highest BCUT2D eigenvalue weighted by Crippen LogP contribution is 2.55. The molecule has 2 aromatic rings. The minimum absolute atomic E-state index is 0.0334. The van der Waals surface area contributed by atoms with Crippen LogP contribution in [0.4, 0.5) is 5.69 Å². The Morgan fingerprint density at radius 3 is 2.23 bits per heavy atom. The van der Waals surface area contributed by atoms with E-state index in [-0.39, 0.29) is 50.6 Å². The first-order valence-corrected chi connectivity index (χ1v) is 18.4. The molecule has 2 aromatic carbocycles. The van der Waals surface area contributed by atoms with E-state index in [9.17, 15) is 39.9 Å². The van der Waals surface area contributed by atoms with Crippen LogP contribution in [0.15, 0.2) is 41.3 Å². The number of hydrogen-bond donors (Lipinski definition) is 6. The minimum Gasteiger partial charge on any atom is -0.507 e. The number of Topliss-reactive ketones (excluding diaryl/α,β-unsaturated/α-hetero) is 1. The molecule has 0 spiro atoms. The van der Waals surface area contributed by atoms with Crippen molar-refractivity contribution < 1.29 is 63.7 Å². The molecule has 1 amide bonds. The van der Waals surface area contributed by atoms with Crippen molar-refractivity contribution in [2.24, 2.45) is 28.8 Å². The predicted octanol–water partition coefficient (Wildman–Crippen LogP) is 5.51. The summed E-state index contributed by atoms with van der Waals surface area (Å²) in [6, 6.07) is 0. The number of esters is 1. The topological polar surface area (TPSA) is 223 Å². The summed E-state index contributed by atoms with van der Waals surface area (Å²) in [7, 11) is 1.43. The number of carbonyl (C=O) groups excluding carboxylic acids is 3. The number of nitrogens with one attached hydrogen (secondary N) is 1. The summed E-state index contributed by atoms with van der Waals surface area (Å²) < 4.78 is 23.4. The summed E-state index contributed by atoms with van der Waals surface area (Å²) in [4.78, 5) is 45.4. The number of benzene rings is 2. The van der Waals surface area contributed by atoms with Crippen molar-refractivity contribution in [1.29, 1.82) is 0 Å². The van der Waals surface area contributed by atoms with E-state index < -0.39 is 88.8 Å². The van der Waals surface area contributed by atoms with Crippen LogP contribution in [0.25, 0.3) is 10.8 Å². The molecule has 15 nitrogen and oxygen atoms in total. The largest absolute Gasteiger partial charge is 0.507 e.